The van der Waals surface area contributed by atoms with Crippen molar-refractivity contribution in [3.63, 3.8) is 0 Å². The summed E-state index contributed by atoms with van der Waals surface area (Å²) in [6.07, 6.45) is 6.47. The Balaban J connectivity index is 1.88. The van der Waals surface area contributed by atoms with Crippen LogP contribution in [-0.4, -0.2) is 18.3 Å². The lowest BCUT2D eigenvalue weighted by Gasteiger charge is -2.16. The van der Waals surface area contributed by atoms with E-state index in [4.69, 9.17) is 0 Å². The highest BCUT2D eigenvalue weighted by molar-refractivity contribution is 7.99. The number of aryl methyl sites for hydroxylation is 2. The van der Waals surface area contributed by atoms with Crippen molar-refractivity contribution in [2.24, 2.45) is 0 Å². The highest BCUT2D eigenvalue weighted by Gasteiger charge is 2.12. The molecule has 1 aliphatic carbocycles. The molecule has 18 heavy (non-hydrogen) atoms. The van der Waals surface area contributed by atoms with Crippen molar-refractivity contribution in [1.29, 1.82) is 0 Å². The van der Waals surface area contributed by atoms with Crippen LogP contribution in [0.4, 0.5) is 0 Å². The molecule has 0 aromatic heterocycles. The molecule has 2 heteroatoms. The molecular formula is C16H25NS. The van der Waals surface area contributed by atoms with Gasteiger partial charge in [0.2, 0.25) is 0 Å². The van der Waals surface area contributed by atoms with Crippen LogP contribution in [0.2, 0.25) is 0 Å². The van der Waals surface area contributed by atoms with Gasteiger partial charge in [-0.1, -0.05) is 26.3 Å². The van der Waals surface area contributed by atoms with Crippen molar-refractivity contribution in [1.82, 2.24) is 5.32 Å². The van der Waals surface area contributed by atoms with Crippen molar-refractivity contribution >= 4 is 11.8 Å². The van der Waals surface area contributed by atoms with E-state index in [0.29, 0.717) is 6.04 Å². The molecule has 0 fully saturated rings. The van der Waals surface area contributed by atoms with Crippen LogP contribution in [0, 0.1) is 0 Å². The maximum absolute atomic E-state index is 3.59. The monoisotopic (exact) mass is 263 g/mol. The fourth-order valence-electron chi connectivity index (χ4n) is 2.72. The minimum Gasteiger partial charge on any atom is -0.313 e. The summed E-state index contributed by atoms with van der Waals surface area (Å²) in [7, 11) is 0. The van der Waals surface area contributed by atoms with Gasteiger partial charge in [0.05, 0.1) is 0 Å². The molecule has 100 valence electrons. The van der Waals surface area contributed by atoms with Crippen LogP contribution in [0.5, 0.6) is 0 Å². The molecule has 1 aromatic carbocycles. The predicted molar refractivity (Wildman–Crippen MR) is 81.6 cm³/mol. The summed E-state index contributed by atoms with van der Waals surface area (Å²) in [4.78, 5) is 1.45. The van der Waals surface area contributed by atoms with Crippen LogP contribution in [-0.2, 0) is 12.8 Å². The first-order valence-corrected chi connectivity index (χ1v) is 8.30. The zero-order valence-electron chi connectivity index (χ0n) is 11.7. The molecule has 1 aromatic rings. The molecule has 0 spiro atoms. The number of hydrogen-bond acceptors (Lipinski definition) is 2. The van der Waals surface area contributed by atoms with Crippen molar-refractivity contribution in [3.8, 4) is 0 Å². The molecule has 0 aliphatic heterocycles. The van der Waals surface area contributed by atoms with Crippen molar-refractivity contribution < 1.29 is 0 Å². The SMILES string of the molecule is CCCC(CSc1ccc2c(c1)CCC2)NCC. The van der Waals surface area contributed by atoms with Crippen LogP contribution in [0.1, 0.15) is 44.2 Å². The van der Waals surface area contributed by atoms with Gasteiger partial charge in [0.25, 0.3) is 0 Å². The Hall–Kier alpha value is -0.470. The molecule has 1 N–H and O–H groups in total. The van der Waals surface area contributed by atoms with Crippen LogP contribution in [0.15, 0.2) is 23.1 Å². The Morgan fingerprint density at radius 1 is 1.22 bits per heavy atom. The highest BCUT2D eigenvalue weighted by Crippen LogP contribution is 2.28. The normalized spacial score (nSPS) is 15.7. The Bertz CT molecular complexity index is 369. The minimum atomic E-state index is 0.665. The van der Waals surface area contributed by atoms with E-state index in [2.05, 4.69) is 37.4 Å². The van der Waals surface area contributed by atoms with E-state index in [1.807, 2.05) is 11.8 Å². The lowest BCUT2D eigenvalue weighted by molar-refractivity contribution is 0.531. The molecule has 0 saturated heterocycles. The zero-order chi connectivity index (χ0) is 12.8. The third kappa shape index (κ3) is 3.76. The molecule has 0 heterocycles. The van der Waals surface area contributed by atoms with Gasteiger partial charge in [-0.15, -0.1) is 11.8 Å². The quantitative estimate of drug-likeness (QED) is 0.745. The molecule has 0 radical (unpaired) electrons. The van der Waals surface area contributed by atoms with Gasteiger partial charge in [-0.3, -0.25) is 0 Å². The lowest BCUT2D eigenvalue weighted by atomic mass is 10.1. The van der Waals surface area contributed by atoms with Crippen molar-refractivity contribution in [2.45, 2.75) is 56.9 Å². The first-order chi connectivity index (χ1) is 8.83. The highest BCUT2D eigenvalue weighted by atomic mass is 32.2. The van der Waals surface area contributed by atoms with Gasteiger partial charge in [0, 0.05) is 16.7 Å². The Labute approximate surface area is 116 Å². The van der Waals surface area contributed by atoms with E-state index in [0.717, 1.165) is 6.54 Å². The van der Waals surface area contributed by atoms with Crippen LogP contribution in [0.25, 0.3) is 0 Å². The van der Waals surface area contributed by atoms with E-state index in [1.54, 1.807) is 11.1 Å². The van der Waals surface area contributed by atoms with Gasteiger partial charge in [-0.2, -0.15) is 0 Å². The zero-order valence-corrected chi connectivity index (χ0v) is 12.5. The van der Waals surface area contributed by atoms with E-state index in [1.165, 1.54) is 42.8 Å². The molecule has 0 bridgehead atoms. The van der Waals surface area contributed by atoms with Crippen LogP contribution < -0.4 is 5.32 Å². The molecule has 2 rings (SSSR count). The third-order valence-corrected chi connectivity index (χ3v) is 4.81. The first kappa shape index (κ1) is 14.0. The second kappa shape index (κ2) is 7.20. The number of benzene rings is 1. The maximum Gasteiger partial charge on any atom is 0.0161 e. The second-order valence-electron chi connectivity index (χ2n) is 5.14. The van der Waals surface area contributed by atoms with E-state index in [-0.39, 0.29) is 0 Å². The summed E-state index contributed by atoms with van der Waals surface area (Å²) in [6.45, 7) is 5.54. The second-order valence-corrected chi connectivity index (χ2v) is 6.23. The fourth-order valence-corrected chi connectivity index (χ4v) is 3.78. The standard InChI is InChI=1S/C16H25NS/c1-3-6-15(17-4-2)12-18-16-10-9-13-7-5-8-14(13)11-16/h9-11,15,17H,3-8,12H2,1-2H3. The molecular weight excluding hydrogens is 238 g/mol. The summed E-state index contributed by atoms with van der Waals surface area (Å²) in [5, 5.41) is 3.59. The maximum atomic E-state index is 3.59. The molecule has 1 aliphatic rings. The van der Waals surface area contributed by atoms with Gasteiger partial charge in [-0.25, -0.2) is 0 Å². The summed E-state index contributed by atoms with van der Waals surface area (Å²) in [6, 6.07) is 7.73. The van der Waals surface area contributed by atoms with Gasteiger partial charge in [0.15, 0.2) is 0 Å². The minimum absolute atomic E-state index is 0.665. The summed E-state index contributed by atoms with van der Waals surface area (Å²) in [5.41, 5.74) is 3.17. The molecule has 0 saturated carbocycles. The Morgan fingerprint density at radius 2 is 2.06 bits per heavy atom. The predicted octanol–water partition coefficient (Wildman–Crippen LogP) is 4.05. The van der Waals surface area contributed by atoms with E-state index < -0.39 is 0 Å². The summed E-state index contributed by atoms with van der Waals surface area (Å²) < 4.78 is 0. The number of nitrogens with one attached hydrogen (secondary N) is 1. The van der Waals surface area contributed by atoms with E-state index >= 15 is 0 Å². The first-order valence-electron chi connectivity index (χ1n) is 7.31. The van der Waals surface area contributed by atoms with Crippen molar-refractivity contribution in [2.75, 3.05) is 12.3 Å². The number of fused-ring (bicyclic) bond motifs is 1. The van der Waals surface area contributed by atoms with Gasteiger partial charge in [0.1, 0.15) is 0 Å². The Morgan fingerprint density at radius 3 is 2.83 bits per heavy atom. The van der Waals surface area contributed by atoms with Crippen LogP contribution in [0.3, 0.4) is 0 Å². The lowest BCUT2D eigenvalue weighted by Crippen LogP contribution is -2.30. The molecule has 0 amide bonds. The largest absolute Gasteiger partial charge is 0.313 e. The molecule has 1 atom stereocenters. The van der Waals surface area contributed by atoms with Gasteiger partial charge < -0.3 is 5.32 Å². The summed E-state index contributed by atoms with van der Waals surface area (Å²) in [5.74, 6) is 1.19. The number of rotatable bonds is 7. The molecule has 1 nitrogen and oxygen atoms in total. The van der Waals surface area contributed by atoms with Crippen molar-refractivity contribution in [3.05, 3.63) is 29.3 Å². The number of hydrogen-bond donors (Lipinski definition) is 1. The van der Waals surface area contributed by atoms with Crippen LogP contribution >= 0.6 is 11.8 Å². The summed E-state index contributed by atoms with van der Waals surface area (Å²) >= 11 is 2.01. The molecule has 1 unspecified atom stereocenters. The van der Waals surface area contributed by atoms with Gasteiger partial charge >= 0.3 is 0 Å². The van der Waals surface area contributed by atoms with Gasteiger partial charge in [-0.05, 0) is 55.5 Å². The average Bonchev–Trinajstić information content (AvgIpc) is 2.84. The average molecular weight is 263 g/mol. The number of thioether (sulfide) groups is 1. The fraction of sp³-hybridized carbons (Fsp3) is 0.625. The Kier molecular flexibility index (Phi) is 5.58. The smallest absolute Gasteiger partial charge is 0.0161 e. The topological polar surface area (TPSA) is 12.0 Å². The third-order valence-electron chi connectivity index (χ3n) is 3.65. The van der Waals surface area contributed by atoms with E-state index in [9.17, 15) is 0 Å².